The lowest BCUT2D eigenvalue weighted by molar-refractivity contribution is 0.331. The van der Waals surface area contributed by atoms with E-state index in [1.165, 1.54) is 24.3 Å². The number of hydrogen-bond acceptors (Lipinski definition) is 4. The Morgan fingerprint density at radius 3 is 2.38 bits per heavy atom. The van der Waals surface area contributed by atoms with Crippen molar-refractivity contribution in [1.82, 2.24) is 4.72 Å². The summed E-state index contributed by atoms with van der Waals surface area (Å²) < 4.78 is 37.0. The number of ether oxygens (including phenoxy) is 2. The minimum Gasteiger partial charge on any atom is -0.493 e. The van der Waals surface area contributed by atoms with Gasteiger partial charge in [0.1, 0.15) is 6.61 Å². The van der Waals surface area contributed by atoms with Gasteiger partial charge in [0, 0.05) is 5.02 Å². The van der Waals surface area contributed by atoms with E-state index >= 15 is 0 Å². The highest BCUT2D eigenvalue weighted by Gasteiger charge is 2.11. The molecule has 0 heterocycles. The molecular weight excluding hydrogens is 350 g/mol. The van der Waals surface area contributed by atoms with Crippen LogP contribution in [0.2, 0.25) is 5.02 Å². The molecule has 0 atom stereocenters. The average molecular weight is 366 g/mol. The molecule has 126 valence electrons. The van der Waals surface area contributed by atoms with Gasteiger partial charge < -0.3 is 9.47 Å². The van der Waals surface area contributed by atoms with Crippen molar-refractivity contribution < 1.29 is 17.9 Å². The summed E-state index contributed by atoms with van der Waals surface area (Å²) in [6.45, 7) is 0.114. The molecule has 0 fully saturated rings. The quantitative estimate of drug-likeness (QED) is 0.799. The van der Waals surface area contributed by atoms with Crippen molar-refractivity contribution in [2.24, 2.45) is 0 Å². The molecule has 2 aromatic rings. The third kappa shape index (κ3) is 5.17. The molecule has 0 spiro atoms. The van der Waals surface area contributed by atoms with Crippen LogP contribution in [0.4, 0.5) is 0 Å². The van der Waals surface area contributed by atoms with Crippen LogP contribution in [0, 0.1) is 11.8 Å². The van der Waals surface area contributed by atoms with E-state index in [1.807, 2.05) is 12.1 Å². The summed E-state index contributed by atoms with van der Waals surface area (Å²) in [6, 6.07) is 13.1. The molecule has 24 heavy (non-hydrogen) atoms. The van der Waals surface area contributed by atoms with Gasteiger partial charge in [-0.05, 0) is 36.4 Å². The molecule has 0 aromatic heterocycles. The normalized spacial score (nSPS) is 10.6. The van der Waals surface area contributed by atoms with Gasteiger partial charge in [0.2, 0.25) is 10.0 Å². The summed E-state index contributed by atoms with van der Waals surface area (Å²) in [5.74, 6) is 6.63. The fraction of sp³-hybridized carbons (Fsp3) is 0.176. The number of rotatable bonds is 6. The van der Waals surface area contributed by atoms with Gasteiger partial charge in [-0.25, -0.2) is 8.42 Å². The van der Waals surface area contributed by atoms with Crippen molar-refractivity contribution in [2.75, 3.05) is 20.3 Å². The third-order valence-corrected chi connectivity index (χ3v) is 4.64. The SMILES string of the molecule is COc1ccccc1OCC#CCNS(=O)(=O)c1ccc(Cl)cc1. The van der Waals surface area contributed by atoms with Crippen molar-refractivity contribution in [1.29, 1.82) is 0 Å². The Balaban J connectivity index is 1.84. The minimum atomic E-state index is -3.60. The van der Waals surface area contributed by atoms with Crippen LogP contribution in [0.1, 0.15) is 0 Å². The van der Waals surface area contributed by atoms with Gasteiger partial charge in [-0.2, -0.15) is 4.72 Å². The highest BCUT2D eigenvalue weighted by molar-refractivity contribution is 7.89. The summed E-state index contributed by atoms with van der Waals surface area (Å²) in [5.41, 5.74) is 0. The number of sulfonamides is 1. The third-order valence-electron chi connectivity index (χ3n) is 2.97. The van der Waals surface area contributed by atoms with Gasteiger partial charge in [-0.1, -0.05) is 35.6 Å². The minimum absolute atomic E-state index is 0.0136. The Morgan fingerprint density at radius 2 is 1.71 bits per heavy atom. The molecule has 0 aliphatic heterocycles. The van der Waals surface area contributed by atoms with E-state index in [-0.39, 0.29) is 18.0 Å². The monoisotopic (exact) mass is 365 g/mol. The molecule has 2 aromatic carbocycles. The second-order valence-corrected chi connectivity index (χ2v) is 6.77. The molecule has 0 radical (unpaired) electrons. The van der Waals surface area contributed by atoms with Gasteiger partial charge >= 0.3 is 0 Å². The zero-order valence-corrected chi connectivity index (χ0v) is 14.5. The van der Waals surface area contributed by atoms with Crippen LogP contribution in [0.25, 0.3) is 0 Å². The number of para-hydroxylation sites is 2. The van der Waals surface area contributed by atoms with Crippen molar-refractivity contribution in [3.8, 4) is 23.3 Å². The Labute approximate surface area is 146 Å². The van der Waals surface area contributed by atoms with E-state index in [0.29, 0.717) is 16.5 Å². The summed E-state index contributed by atoms with van der Waals surface area (Å²) in [4.78, 5) is 0.138. The maximum absolute atomic E-state index is 12.0. The van der Waals surface area contributed by atoms with Crippen LogP contribution < -0.4 is 14.2 Å². The van der Waals surface area contributed by atoms with Crippen LogP contribution >= 0.6 is 11.6 Å². The maximum Gasteiger partial charge on any atom is 0.241 e. The molecule has 0 saturated heterocycles. The summed E-state index contributed by atoms with van der Waals surface area (Å²) in [5, 5.41) is 0.474. The number of nitrogens with one attached hydrogen (secondary N) is 1. The highest BCUT2D eigenvalue weighted by atomic mass is 35.5. The molecule has 0 aliphatic rings. The van der Waals surface area contributed by atoms with E-state index in [9.17, 15) is 8.42 Å². The van der Waals surface area contributed by atoms with Gasteiger partial charge in [0.05, 0.1) is 18.6 Å². The first-order valence-corrected chi connectivity index (χ1v) is 8.86. The first-order valence-electron chi connectivity index (χ1n) is 7.00. The lowest BCUT2D eigenvalue weighted by atomic mass is 10.3. The highest BCUT2D eigenvalue weighted by Crippen LogP contribution is 2.25. The molecule has 0 unspecified atom stereocenters. The average Bonchev–Trinajstić information content (AvgIpc) is 2.58. The molecule has 0 aliphatic carbocycles. The van der Waals surface area contributed by atoms with E-state index in [0.717, 1.165) is 0 Å². The van der Waals surface area contributed by atoms with Crippen molar-refractivity contribution in [3.05, 3.63) is 53.6 Å². The molecule has 2 rings (SSSR count). The van der Waals surface area contributed by atoms with Crippen molar-refractivity contribution >= 4 is 21.6 Å². The molecule has 0 amide bonds. The predicted octanol–water partition coefficient (Wildman–Crippen LogP) is 2.71. The first-order chi connectivity index (χ1) is 11.5. The van der Waals surface area contributed by atoms with Crippen LogP contribution in [-0.2, 0) is 10.0 Å². The largest absolute Gasteiger partial charge is 0.493 e. The van der Waals surface area contributed by atoms with Gasteiger partial charge in [0.15, 0.2) is 11.5 Å². The zero-order valence-electron chi connectivity index (χ0n) is 13.0. The fourth-order valence-electron chi connectivity index (χ4n) is 1.79. The lowest BCUT2D eigenvalue weighted by Gasteiger charge is -2.07. The maximum atomic E-state index is 12.0. The molecule has 1 N–H and O–H groups in total. The number of hydrogen-bond donors (Lipinski definition) is 1. The van der Waals surface area contributed by atoms with Gasteiger partial charge in [0.25, 0.3) is 0 Å². The van der Waals surface area contributed by atoms with Crippen LogP contribution in [0.15, 0.2) is 53.4 Å². The van der Waals surface area contributed by atoms with Crippen molar-refractivity contribution in [2.45, 2.75) is 4.90 Å². The second kappa shape index (κ2) is 8.60. The predicted molar refractivity (Wildman–Crippen MR) is 92.9 cm³/mol. The lowest BCUT2D eigenvalue weighted by Crippen LogP contribution is -2.24. The number of benzene rings is 2. The summed E-state index contributed by atoms with van der Waals surface area (Å²) >= 11 is 5.74. The van der Waals surface area contributed by atoms with Gasteiger partial charge in [-0.15, -0.1) is 0 Å². The van der Waals surface area contributed by atoms with Gasteiger partial charge in [-0.3, -0.25) is 0 Å². The zero-order chi connectivity index (χ0) is 17.4. The Bertz CT molecular complexity index is 839. The molecule has 5 nitrogen and oxygen atoms in total. The Hall–Kier alpha value is -2.20. The first kappa shape index (κ1) is 18.1. The van der Waals surface area contributed by atoms with Crippen LogP contribution in [0.5, 0.6) is 11.5 Å². The topological polar surface area (TPSA) is 64.6 Å². The number of halogens is 1. The summed E-state index contributed by atoms with van der Waals surface area (Å²) in [7, 11) is -2.04. The van der Waals surface area contributed by atoms with Crippen LogP contribution in [0.3, 0.4) is 0 Å². The molecule has 0 bridgehead atoms. The van der Waals surface area contributed by atoms with E-state index < -0.39 is 10.0 Å². The molecule has 0 saturated carbocycles. The number of methoxy groups -OCH3 is 1. The Morgan fingerprint density at radius 1 is 1.04 bits per heavy atom. The molecular formula is C17H16ClNO4S. The molecule has 7 heteroatoms. The smallest absolute Gasteiger partial charge is 0.241 e. The van der Waals surface area contributed by atoms with E-state index in [4.69, 9.17) is 21.1 Å². The van der Waals surface area contributed by atoms with E-state index in [2.05, 4.69) is 16.6 Å². The van der Waals surface area contributed by atoms with E-state index in [1.54, 1.807) is 19.2 Å². The fourth-order valence-corrected chi connectivity index (χ4v) is 2.84. The Kier molecular flexibility index (Phi) is 6.50. The van der Waals surface area contributed by atoms with Crippen molar-refractivity contribution in [3.63, 3.8) is 0 Å². The van der Waals surface area contributed by atoms with Crippen LogP contribution in [-0.4, -0.2) is 28.7 Å². The standard InChI is InChI=1S/C17H16ClNO4S/c1-22-16-6-2-3-7-17(16)23-13-5-4-12-19-24(20,21)15-10-8-14(18)9-11-15/h2-3,6-11,19H,12-13H2,1H3. The second-order valence-electron chi connectivity index (χ2n) is 4.57. The summed E-state index contributed by atoms with van der Waals surface area (Å²) in [6.07, 6.45) is 0.